The van der Waals surface area contributed by atoms with Gasteiger partial charge >= 0.3 is 0 Å². The molecule has 5 heteroatoms. The van der Waals surface area contributed by atoms with Crippen molar-refractivity contribution in [2.24, 2.45) is 0 Å². The molecule has 1 saturated carbocycles. The van der Waals surface area contributed by atoms with Crippen molar-refractivity contribution in [3.8, 4) is 5.88 Å². The van der Waals surface area contributed by atoms with Gasteiger partial charge in [0.25, 0.3) is 5.91 Å². The Bertz CT molecular complexity index is 485. The summed E-state index contributed by atoms with van der Waals surface area (Å²) in [5, 5.41) is 9.31. The summed E-state index contributed by atoms with van der Waals surface area (Å²) in [6, 6.07) is 3.42. The lowest BCUT2D eigenvalue weighted by molar-refractivity contribution is 0.0767. The second-order valence-electron chi connectivity index (χ2n) is 6.13. The summed E-state index contributed by atoms with van der Waals surface area (Å²) >= 11 is 0. The van der Waals surface area contributed by atoms with Crippen molar-refractivity contribution in [3.63, 3.8) is 0 Å². The molecule has 1 aliphatic rings. The van der Waals surface area contributed by atoms with Crippen molar-refractivity contribution in [3.05, 3.63) is 23.9 Å². The van der Waals surface area contributed by atoms with Crippen LogP contribution in [0, 0.1) is 0 Å². The Balaban J connectivity index is 1.96. The third kappa shape index (κ3) is 4.98. The molecule has 0 spiro atoms. The summed E-state index contributed by atoms with van der Waals surface area (Å²) in [4.78, 5) is 18.2. The number of hydrogen-bond acceptors (Lipinski definition) is 4. The highest BCUT2D eigenvalue weighted by Gasteiger charge is 2.17. The van der Waals surface area contributed by atoms with E-state index in [4.69, 9.17) is 4.74 Å². The first-order valence-corrected chi connectivity index (χ1v) is 8.12. The van der Waals surface area contributed by atoms with E-state index in [2.05, 4.69) is 4.98 Å². The topological polar surface area (TPSA) is 62.7 Å². The van der Waals surface area contributed by atoms with Crippen molar-refractivity contribution in [2.75, 3.05) is 13.6 Å². The number of hydrogen-bond donors (Lipinski definition) is 1. The number of aromatic nitrogens is 1. The number of pyridine rings is 1. The second-order valence-corrected chi connectivity index (χ2v) is 6.13. The van der Waals surface area contributed by atoms with Crippen LogP contribution >= 0.6 is 0 Å². The first-order valence-electron chi connectivity index (χ1n) is 8.12. The molecule has 0 radical (unpaired) electrons. The number of nitrogens with zero attached hydrogens (tertiary/aromatic N) is 2. The monoisotopic (exact) mass is 306 g/mol. The van der Waals surface area contributed by atoms with Crippen molar-refractivity contribution in [1.29, 1.82) is 0 Å². The van der Waals surface area contributed by atoms with Gasteiger partial charge in [0.1, 0.15) is 6.10 Å². The Kier molecular flexibility index (Phi) is 6.19. The minimum Gasteiger partial charge on any atom is -0.474 e. The maximum absolute atomic E-state index is 12.4. The second kappa shape index (κ2) is 8.13. The van der Waals surface area contributed by atoms with Gasteiger partial charge in [-0.15, -0.1) is 0 Å². The average Bonchev–Trinajstić information content (AvgIpc) is 2.53. The molecule has 1 N–H and O–H groups in total. The van der Waals surface area contributed by atoms with Crippen molar-refractivity contribution >= 4 is 5.91 Å². The van der Waals surface area contributed by atoms with Crippen LogP contribution in [-0.2, 0) is 0 Å². The lowest BCUT2D eigenvalue weighted by Gasteiger charge is -2.23. The molecule has 1 aliphatic carbocycles. The van der Waals surface area contributed by atoms with Gasteiger partial charge in [-0.05, 0) is 45.1 Å². The quantitative estimate of drug-likeness (QED) is 0.877. The number of ether oxygens (including phenoxy) is 1. The van der Waals surface area contributed by atoms with Gasteiger partial charge in [0.15, 0.2) is 0 Å². The zero-order chi connectivity index (χ0) is 15.9. The fraction of sp³-hybridized carbons (Fsp3) is 0.647. The molecule has 1 amide bonds. The summed E-state index contributed by atoms with van der Waals surface area (Å²) in [5.41, 5.74) is 0.578. The molecular weight excluding hydrogens is 280 g/mol. The van der Waals surface area contributed by atoms with Crippen LogP contribution < -0.4 is 4.74 Å². The molecule has 122 valence electrons. The molecule has 0 bridgehead atoms. The normalized spacial score (nSPS) is 17.0. The number of amides is 1. The van der Waals surface area contributed by atoms with Crippen molar-refractivity contribution in [1.82, 2.24) is 9.88 Å². The van der Waals surface area contributed by atoms with Gasteiger partial charge in [0.2, 0.25) is 5.88 Å². The number of aliphatic hydroxyl groups excluding tert-OH is 1. The molecule has 22 heavy (non-hydrogen) atoms. The molecule has 1 heterocycles. The molecule has 1 fully saturated rings. The van der Waals surface area contributed by atoms with E-state index >= 15 is 0 Å². The van der Waals surface area contributed by atoms with Gasteiger partial charge in [-0.3, -0.25) is 4.79 Å². The molecule has 5 nitrogen and oxygen atoms in total. The van der Waals surface area contributed by atoms with Gasteiger partial charge < -0.3 is 14.7 Å². The predicted molar refractivity (Wildman–Crippen MR) is 85.0 cm³/mol. The zero-order valence-electron chi connectivity index (χ0n) is 13.5. The number of carbonyl (C=O) groups excluding carboxylic acids is 1. The van der Waals surface area contributed by atoms with Crippen LogP contribution in [0.4, 0.5) is 0 Å². The van der Waals surface area contributed by atoms with Gasteiger partial charge in [0.05, 0.1) is 6.10 Å². The highest BCUT2D eigenvalue weighted by atomic mass is 16.5. The summed E-state index contributed by atoms with van der Waals surface area (Å²) in [6.07, 6.45) is 7.81. The lowest BCUT2D eigenvalue weighted by Crippen LogP contribution is -2.29. The minimum atomic E-state index is -0.405. The van der Waals surface area contributed by atoms with E-state index < -0.39 is 6.10 Å². The molecule has 1 unspecified atom stereocenters. The lowest BCUT2D eigenvalue weighted by atomic mass is 9.98. The van der Waals surface area contributed by atoms with Gasteiger partial charge in [-0.25, -0.2) is 4.98 Å². The number of aliphatic hydroxyl groups is 1. The molecule has 0 aliphatic heterocycles. The zero-order valence-corrected chi connectivity index (χ0v) is 13.5. The molecule has 0 aromatic carbocycles. The molecule has 1 aromatic heterocycles. The highest BCUT2D eigenvalue weighted by Crippen LogP contribution is 2.22. The fourth-order valence-electron chi connectivity index (χ4n) is 2.66. The van der Waals surface area contributed by atoms with E-state index in [1.807, 2.05) is 0 Å². The molecule has 1 aromatic rings. The van der Waals surface area contributed by atoms with Gasteiger partial charge in [-0.1, -0.05) is 6.42 Å². The van der Waals surface area contributed by atoms with Crippen LogP contribution in [0.3, 0.4) is 0 Å². The number of rotatable bonds is 6. The summed E-state index contributed by atoms with van der Waals surface area (Å²) in [6.45, 7) is 2.25. The third-order valence-corrected chi connectivity index (χ3v) is 4.05. The Labute approximate surface area is 132 Å². The summed E-state index contributed by atoms with van der Waals surface area (Å²) in [7, 11) is 1.74. The van der Waals surface area contributed by atoms with E-state index in [0.717, 1.165) is 12.8 Å². The largest absolute Gasteiger partial charge is 0.474 e. The maximum atomic E-state index is 12.4. The molecule has 0 saturated heterocycles. The summed E-state index contributed by atoms with van der Waals surface area (Å²) < 4.78 is 5.90. The van der Waals surface area contributed by atoms with Crippen LogP contribution in [0.25, 0.3) is 0 Å². The van der Waals surface area contributed by atoms with E-state index in [9.17, 15) is 9.90 Å². The minimum absolute atomic E-state index is 0.0726. The number of carbonyl (C=O) groups is 1. The smallest absolute Gasteiger partial charge is 0.253 e. The highest BCUT2D eigenvalue weighted by molar-refractivity contribution is 5.94. The van der Waals surface area contributed by atoms with Crippen LogP contribution in [-0.4, -0.2) is 46.7 Å². The predicted octanol–water partition coefficient (Wildman–Crippen LogP) is 2.64. The fourth-order valence-corrected chi connectivity index (χ4v) is 2.66. The van der Waals surface area contributed by atoms with Crippen molar-refractivity contribution < 1.29 is 14.6 Å². The maximum Gasteiger partial charge on any atom is 0.253 e. The molecule has 2 rings (SSSR count). The Morgan fingerprint density at radius 2 is 2.18 bits per heavy atom. The third-order valence-electron chi connectivity index (χ3n) is 4.05. The molecular formula is C17H26N2O3. The van der Waals surface area contributed by atoms with Crippen LogP contribution in [0.1, 0.15) is 55.8 Å². The average molecular weight is 306 g/mol. The Morgan fingerprint density at radius 1 is 1.45 bits per heavy atom. The SMILES string of the molecule is CC(O)CCN(C)C(=O)c1ccnc(OC2CCCCC2)c1. The first-order chi connectivity index (χ1) is 10.6. The molecule has 1 atom stereocenters. The summed E-state index contributed by atoms with van der Waals surface area (Å²) in [5.74, 6) is 0.457. The van der Waals surface area contributed by atoms with E-state index in [1.54, 1.807) is 37.2 Å². The van der Waals surface area contributed by atoms with E-state index in [1.165, 1.54) is 19.3 Å². The van der Waals surface area contributed by atoms with Crippen LogP contribution in [0.5, 0.6) is 5.88 Å². The van der Waals surface area contributed by atoms with Gasteiger partial charge in [-0.2, -0.15) is 0 Å². The Morgan fingerprint density at radius 3 is 2.86 bits per heavy atom. The van der Waals surface area contributed by atoms with Crippen molar-refractivity contribution in [2.45, 2.75) is 57.7 Å². The van der Waals surface area contributed by atoms with Gasteiger partial charge in [0, 0.05) is 31.4 Å². The standard InChI is InChI=1S/C17H26N2O3/c1-13(20)9-11-19(2)17(21)14-8-10-18-16(12-14)22-15-6-4-3-5-7-15/h8,10,12-13,15,20H,3-7,9,11H2,1-2H3. The van der Waals surface area contributed by atoms with E-state index in [-0.39, 0.29) is 12.0 Å². The van der Waals surface area contributed by atoms with Crippen LogP contribution in [0.2, 0.25) is 0 Å². The first kappa shape index (κ1) is 16.7. The van der Waals surface area contributed by atoms with Crippen LogP contribution in [0.15, 0.2) is 18.3 Å². The Hall–Kier alpha value is -1.62. The van der Waals surface area contributed by atoms with E-state index in [0.29, 0.717) is 24.4 Å².